The number of carbonyl (C=O) groups excluding carboxylic acids is 1. The first-order chi connectivity index (χ1) is 16.0. The van der Waals surface area contributed by atoms with Gasteiger partial charge in [0.25, 0.3) is 5.91 Å². The lowest BCUT2D eigenvalue weighted by Gasteiger charge is -2.16. The Bertz CT molecular complexity index is 1250. The van der Waals surface area contributed by atoms with Gasteiger partial charge in [-0.25, -0.2) is 0 Å². The van der Waals surface area contributed by atoms with Crippen molar-refractivity contribution in [2.45, 2.75) is 26.5 Å². The zero-order valence-corrected chi connectivity index (χ0v) is 19.4. The summed E-state index contributed by atoms with van der Waals surface area (Å²) in [5.74, 6) is 1.32. The molecule has 0 aromatic heterocycles. The standard InChI is InChI=1S/C28H26ClNO3/c1-3-32-27-15-11-23(28(31)30-19(2)20-8-12-25(29)13-9-20)16-24(27)18-33-26-14-10-21-6-4-5-7-22(21)17-26/h4-17,19H,3,18H2,1-2H3,(H,30,31)/t19-/m0/s1. The second-order valence-corrected chi connectivity index (χ2v) is 8.24. The van der Waals surface area contributed by atoms with E-state index in [1.165, 1.54) is 0 Å². The Hall–Kier alpha value is -3.50. The van der Waals surface area contributed by atoms with E-state index >= 15 is 0 Å². The van der Waals surface area contributed by atoms with Crippen LogP contribution in [0.5, 0.6) is 11.5 Å². The molecular weight excluding hydrogens is 434 g/mol. The van der Waals surface area contributed by atoms with Crippen molar-refractivity contribution in [3.63, 3.8) is 0 Å². The molecule has 168 valence electrons. The number of carbonyl (C=O) groups is 1. The van der Waals surface area contributed by atoms with E-state index in [1.54, 1.807) is 6.07 Å². The summed E-state index contributed by atoms with van der Waals surface area (Å²) >= 11 is 5.97. The van der Waals surface area contributed by atoms with Gasteiger partial charge < -0.3 is 14.8 Å². The third kappa shape index (κ3) is 5.65. The monoisotopic (exact) mass is 459 g/mol. The van der Waals surface area contributed by atoms with Gasteiger partial charge in [-0.1, -0.05) is 54.1 Å². The van der Waals surface area contributed by atoms with E-state index in [0.29, 0.717) is 29.5 Å². The number of ether oxygens (including phenoxy) is 2. The lowest BCUT2D eigenvalue weighted by atomic mass is 10.1. The van der Waals surface area contributed by atoms with Gasteiger partial charge in [-0.2, -0.15) is 0 Å². The third-order valence-corrected chi connectivity index (χ3v) is 5.71. The summed E-state index contributed by atoms with van der Waals surface area (Å²) in [6.45, 7) is 4.70. The number of rotatable bonds is 8. The highest BCUT2D eigenvalue weighted by atomic mass is 35.5. The van der Waals surface area contributed by atoms with Crippen molar-refractivity contribution in [1.29, 1.82) is 0 Å². The average Bonchev–Trinajstić information content (AvgIpc) is 2.83. The van der Waals surface area contributed by atoms with Crippen LogP contribution in [0.25, 0.3) is 10.8 Å². The maximum Gasteiger partial charge on any atom is 0.251 e. The van der Waals surface area contributed by atoms with Crippen molar-refractivity contribution >= 4 is 28.3 Å². The van der Waals surface area contributed by atoms with Crippen LogP contribution in [0.4, 0.5) is 0 Å². The maximum absolute atomic E-state index is 12.9. The van der Waals surface area contributed by atoms with E-state index < -0.39 is 0 Å². The molecule has 4 aromatic carbocycles. The predicted molar refractivity (Wildman–Crippen MR) is 133 cm³/mol. The van der Waals surface area contributed by atoms with Crippen molar-refractivity contribution in [2.75, 3.05) is 6.61 Å². The minimum atomic E-state index is -0.160. The SMILES string of the molecule is CCOc1ccc(C(=O)N[C@@H](C)c2ccc(Cl)cc2)cc1COc1ccc2ccccc2c1. The molecule has 0 radical (unpaired) electrons. The van der Waals surface area contributed by atoms with E-state index in [1.807, 2.05) is 80.6 Å². The number of hydrogen-bond donors (Lipinski definition) is 1. The fourth-order valence-corrected chi connectivity index (χ4v) is 3.79. The fourth-order valence-electron chi connectivity index (χ4n) is 3.66. The van der Waals surface area contributed by atoms with E-state index in [-0.39, 0.29) is 11.9 Å². The Balaban J connectivity index is 1.50. The van der Waals surface area contributed by atoms with Crippen molar-refractivity contribution in [3.05, 3.63) is 107 Å². The van der Waals surface area contributed by atoms with Crippen LogP contribution in [0.15, 0.2) is 84.9 Å². The Morgan fingerprint density at radius 1 is 0.909 bits per heavy atom. The summed E-state index contributed by atoms with van der Waals surface area (Å²) in [6, 6.07) is 26.9. The zero-order valence-electron chi connectivity index (χ0n) is 18.7. The quantitative estimate of drug-likeness (QED) is 0.309. The smallest absolute Gasteiger partial charge is 0.251 e. The molecule has 0 aliphatic rings. The second-order valence-electron chi connectivity index (χ2n) is 7.80. The van der Waals surface area contributed by atoms with Gasteiger partial charge >= 0.3 is 0 Å². The van der Waals surface area contributed by atoms with E-state index in [2.05, 4.69) is 17.4 Å². The number of amides is 1. The summed E-state index contributed by atoms with van der Waals surface area (Å²) in [4.78, 5) is 12.9. The summed E-state index contributed by atoms with van der Waals surface area (Å²) in [5, 5.41) is 5.98. The van der Waals surface area contributed by atoms with Crippen LogP contribution < -0.4 is 14.8 Å². The largest absolute Gasteiger partial charge is 0.493 e. The van der Waals surface area contributed by atoms with Crippen LogP contribution in [0, 0.1) is 0 Å². The lowest BCUT2D eigenvalue weighted by molar-refractivity contribution is 0.0939. The number of benzene rings is 4. The van der Waals surface area contributed by atoms with Gasteiger partial charge in [-0.15, -0.1) is 0 Å². The van der Waals surface area contributed by atoms with Crippen LogP contribution in [-0.4, -0.2) is 12.5 Å². The molecule has 4 nitrogen and oxygen atoms in total. The van der Waals surface area contributed by atoms with Gasteiger partial charge in [0, 0.05) is 16.1 Å². The summed E-state index contributed by atoms with van der Waals surface area (Å²) in [5.41, 5.74) is 2.35. The van der Waals surface area contributed by atoms with Crippen LogP contribution in [-0.2, 0) is 6.61 Å². The highest BCUT2D eigenvalue weighted by Crippen LogP contribution is 2.26. The Morgan fingerprint density at radius 2 is 1.67 bits per heavy atom. The molecule has 0 unspecified atom stereocenters. The Morgan fingerprint density at radius 3 is 2.42 bits per heavy atom. The molecule has 0 heterocycles. The number of fused-ring (bicyclic) bond motifs is 1. The van der Waals surface area contributed by atoms with Gasteiger partial charge in [0.1, 0.15) is 18.1 Å². The highest BCUT2D eigenvalue weighted by Gasteiger charge is 2.15. The molecule has 1 amide bonds. The molecule has 0 aliphatic carbocycles. The van der Waals surface area contributed by atoms with Crippen molar-refractivity contribution in [3.8, 4) is 11.5 Å². The number of hydrogen-bond acceptors (Lipinski definition) is 3. The molecule has 1 N–H and O–H groups in total. The first kappa shape index (κ1) is 22.7. The summed E-state index contributed by atoms with van der Waals surface area (Å²) in [6.07, 6.45) is 0. The molecule has 33 heavy (non-hydrogen) atoms. The van der Waals surface area contributed by atoms with Gasteiger partial charge in [0.15, 0.2) is 0 Å². The van der Waals surface area contributed by atoms with Crippen molar-refractivity contribution in [1.82, 2.24) is 5.32 Å². The summed E-state index contributed by atoms with van der Waals surface area (Å²) in [7, 11) is 0. The van der Waals surface area contributed by atoms with E-state index in [4.69, 9.17) is 21.1 Å². The number of nitrogens with one attached hydrogen (secondary N) is 1. The molecule has 0 fully saturated rings. The Labute approximate surface area is 199 Å². The lowest BCUT2D eigenvalue weighted by Crippen LogP contribution is -2.26. The fraction of sp³-hybridized carbons (Fsp3) is 0.179. The zero-order chi connectivity index (χ0) is 23.2. The second kappa shape index (κ2) is 10.4. The molecule has 5 heteroatoms. The molecule has 0 saturated carbocycles. The number of halogens is 1. The molecule has 0 saturated heterocycles. The molecule has 0 spiro atoms. The molecule has 0 bridgehead atoms. The highest BCUT2D eigenvalue weighted by molar-refractivity contribution is 6.30. The molecular formula is C28H26ClNO3. The minimum absolute atomic E-state index is 0.154. The van der Waals surface area contributed by atoms with Crippen LogP contribution in [0.2, 0.25) is 5.02 Å². The van der Waals surface area contributed by atoms with E-state index in [9.17, 15) is 4.79 Å². The maximum atomic E-state index is 12.9. The van der Waals surface area contributed by atoms with Crippen LogP contribution in [0.1, 0.15) is 41.4 Å². The van der Waals surface area contributed by atoms with Crippen LogP contribution >= 0.6 is 11.6 Å². The molecule has 4 rings (SSSR count). The average molecular weight is 460 g/mol. The normalized spacial score (nSPS) is 11.7. The first-order valence-electron chi connectivity index (χ1n) is 11.0. The van der Waals surface area contributed by atoms with Crippen molar-refractivity contribution < 1.29 is 14.3 Å². The minimum Gasteiger partial charge on any atom is -0.493 e. The summed E-state index contributed by atoms with van der Waals surface area (Å²) < 4.78 is 11.8. The van der Waals surface area contributed by atoms with Gasteiger partial charge in [0.05, 0.1) is 12.6 Å². The first-order valence-corrected chi connectivity index (χ1v) is 11.3. The molecule has 0 aliphatic heterocycles. The van der Waals surface area contributed by atoms with Crippen molar-refractivity contribution in [2.24, 2.45) is 0 Å². The third-order valence-electron chi connectivity index (χ3n) is 5.46. The van der Waals surface area contributed by atoms with Gasteiger partial charge in [0.2, 0.25) is 0 Å². The molecule has 4 aromatic rings. The Kier molecular flexibility index (Phi) is 7.16. The van der Waals surface area contributed by atoms with E-state index in [0.717, 1.165) is 27.6 Å². The van der Waals surface area contributed by atoms with Gasteiger partial charge in [-0.3, -0.25) is 4.79 Å². The topological polar surface area (TPSA) is 47.6 Å². The van der Waals surface area contributed by atoms with Crippen LogP contribution in [0.3, 0.4) is 0 Å². The molecule has 1 atom stereocenters. The van der Waals surface area contributed by atoms with Gasteiger partial charge in [-0.05, 0) is 72.6 Å². The predicted octanol–water partition coefficient (Wildman–Crippen LogP) is 6.96.